The molecule has 0 radical (unpaired) electrons. The number of anilines is 1. The predicted molar refractivity (Wildman–Crippen MR) is 96.7 cm³/mol. The van der Waals surface area contributed by atoms with Crippen LogP contribution >= 0.6 is 0 Å². The molecule has 3 fully saturated rings. The Morgan fingerprint density at radius 3 is 2.72 bits per heavy atom. The Morgan fingerprint density at radius 1 is 1.04 bits per heavy atom. The van der Waals surface area contributed by atoms with Crippen molar-refractivity contribution < 1.29 is 9.47 Å². The first-order valence-corrected chi connectivity index (χ1v) is 9.73. The van der Waals surface area contributed by atoms with Crippen LogP contribution < -0.4 is 4.90 Å². The first-order chi connectivity index (χ1) is 12.3. The topological polar surface area (TPSA) is 50.7 Å². The van der Waals surface area contributed by atoms with Crippen LogP contribution in [0.1, 0.15) is 25.7 Å². The minimum absolute atomic E-state index is 0.207. The van der Waals surface area contributed by atoms with E-state index in [1.165, 1.54) is 38.8 Å². The molecule has 25 heavy (non-hydrogen) atoms. The first-order valence-electron chi connectivity index (χ1n) is 9.73. The van der Waals surface area contributed by atoms with Gasteiger partial charge in [-0.2, -0.15) is 0 Å². The highest BCUT2D eigenvalue weighted by atomic mass is 16.5. The van der Waals surface area contributed by atoms with Crippen molar-refractivity contribution in [1.82, 2.24) is 14.9 Å². The van der Waals surface area contributed by atoms with Gasteiger partial charge in [0.1, 0.15) is 0 Å². The maximum Gasteiger partial charge on any atom is 0.225 e. The van der Waals surface area contributed by atoms with E-state index >= 15 is 0 Å². The largest absolute Gasteiger partial charge is 0.381 e. The van der Waals surface area contributed by atoms with Gasteiger partial charge in [0.15, 0.2) is 0 Å². The van der Waals surface area contributed by atoms with Gasteiger partial charge in [-0.25, -0.2) is 9.97 Å². The van der Waals surface area contributed by atoms with E-state index in [0.717, 1.165) is 57.9 Å². The van der Waals surface area contributed by atoms with Crippen LogP contribution in [0, 0.1) is 11.3 Å². The van der Waals surface area contributed by atoms with Gasteiger partial charge in [-0.3, -0.25) is 0 Å². The number of hydrogen-bond acceptors (Lipinski definition) is 6. The lowest BCUT2D eigenvalue weighted by Gasteiger charge is -2.44. The molecular formula is C19H30N4O2. The fourth-order valence-electron chi connectivity index (χ4n) is 4.63. The average molecular weight is 346 g/mol. The van der Waals surface area contributed by atoms with Crippen molar-refractivity contribution in [3.63, 3.8) is 0 Å². The summed E-state index contributed by atoms with van der Waals surface area (Å²) < 4.78 is 11.6. The molecule has 1 aromatic heterocycles. The first kappa shape index (κ1) is 17.2. The molecule has 0 amide bonds. The van der Waals surface area contributed by atoms with E-state index in [1.807, 2.05) is 18.5 Å². The molecule has 0 unspecified atom stereocenters. The van der Waals surface area contributed by atoms with Gasteiger partial charge in [-0.15, -0.1) is 0 Å². The van der Waals surface area contributed by atoms with Gasteiger partial charge in [0.05, 0.1) is 13.2 Å². The Hall–Kier alpha value is -1.24. The van der Waals surface area contributed by atoms with Gasteiger partial charge in [0, 0.05) is 57.2 Å². The van der Waals surface area contributed by atoms with Crippen LogP contribution in [0.2, 0.25) is 0 Å². The minimum atomic E-state index is 0.207. The van der Waals surface area contributed by atoms with Crippen molar-refractivity contribution in [1.29, 1.82) is 0 Å². The number of ether oxygens (including phenoxy) is 2. The summed E-state index contributed by atoms with van der Waals surface area (Å²) in [5.41, 5.74) is 0.207. The lowest BCUT2D eigenvalue weighted by atomic mass is 9.79. The zero-order valence-corrected chi connectivity index (χ0v) is 15.1. The Balaban J connectivity index is 1.43. The zero-order valence-electron chi connectivity index (χ0n) is 15.1. The molecule has 6 heteroatoms. The molecule has 3 saturated heterocycles. The molecule has 3 aliphatic rings. The quantitative estimate of drug-likeness (QED) is 0.832. The van der Waals surface area contributed by atoms with E-state index in [2.05, 4.69) is 19.8 Å². The van der Waals surface area contributed by atoms with Crippen LogP contribution in [0.5, 0.6) is 0 Å². The van der Waals surface area contributed by atoms with Crippen molar-refractivity contribution in [2.24, 2.45) is 11.3 Å². The second-order valence-corrected chi connectivity index (χ2v) is 7.92. The Labute approximate surface area is 150 Å². The van der Waals surface area contributed by atoms with Gasteiger partial charge in [0.25, 0.3) is 0 Å². The van der Waals surface area contributed by atoms with E-state index in [0.29, 0.717) is 0 Å². The molecule has 138 valence electrons. The maximum atomic E-state index is 6.03. The van der Waals surface area contributed by atoms with Crippen molar-refractivity contribution >= 4 is 5.95 Å². The van der Waals surface area contributed by atoms with Crippen molar-refractivity contribution in [3.05, 3.63) is 18.5 Å². The summed E-state index contributed by atoms with van der Waals surface area (Å²) in [7, 11) is 0. The van der Waals surface area contributed by atoms with Crippen LogP contribution in [0.15, 0.2) is 18.5 Å². The van der Waals surface area contributed by atoms with Crippen molar-refractivity contribution in [3.8, 4) is 0 Å². The summed E-state index contributed by atoms with van der Waals surface area (Å²) in [4.78, 5) is 13.9. The van der Waals surface area contributed by atoms with Crippen LogP contribution in [0.3, 0.4) is 0 Å². The lowest BCUT2D eigenvalue weighted by Crippen LogP contribution is -2.52. The Morgan fingerprint density at radius 2 is 1.88 bits per heavy atom. The van der Waals surface area contributed by atoms with E-state index in [9.17, 15) is 0 Å². The summed E-state index contributed by atoms with van der Waals surface area (Å²) in [5.74, 6) is 1.64. The summed E-state index contributed by atoms with van der Waals surface area (Å²) >= 11 is 0. The highest BCUT2D eigenvalue weighted by Gasteiger charge is 2.39. The highest BCUT2D eigenvalue weighted by Crippen LogP contribution is 2.34. The van der Waals surface area contributed by atoms with E-state index in [-0.39, 0.29) is 5.41 Å². The Bertz CT molecular complexity index is 537. The fourth-order valence-corrected chi connectivity index (χ4v) is 4.63. The van der Waals surface area contributed by atoms with E-state index in [4.69, 9.17) is 9.47 Å². The van der Waals surface area contributed by atoms with Crippen LogP contribution in [-0.2, 0) is 9.47 Å². The molecule has 0 aromatic carbocycles. The summed E-state index contributed by atoms with van der Waals surface area (Å²) in [6.45, 7) is 8.95. The fraction of sp³-hybridized carbons (Fsp3) is 0.789. The van der Waals surface area contributed by atoms with Gasteiger partial charge in [-0.05, 0) is 44.2 Å². The third-order valence-electron chi connectivity index (χ3n) is 5.87. The monoisotopic (exact) mass is 346 g/mol. The summed E-state index contributed by atoms with van der Waals surface area (Å²) in [6.07, 6.45) is 8.59. The summed E-state index contributed by atoms with van der Waals surface area (Å²) in [6, 6.07) is 1.88. The molecule has 0 aliphatic carbocycles. The van der Waals surface area contributed by atoms with Crippen LogP contribution in [0.4, 0.5) is 5.95 Å². The molecule has 1 atom stereocenters. The Kier molecular flexibility index (Phi) is 5.48. The molecule has 3 aliphatic heterocycles. The van der Waals surface area contributed by atoms with Crippen molar-refractivity contribution in [2.45, 2.75) is 25.7 Å². The zero-order chi connectivity index (χ0) is 17.0. The number of likely N-dealkylation sites (tertiary alicyclic amines) is 1. The van der Waals surface area contributed by atoms with Crippen LogP contribution in [0.25, 0.3) is 0 Å². The molecular weight excluding hydrogens is 316 g/mol. The van der Waals surface area contributed by atoms with Crippen molar-refractivity contribution in [2.75, 3.05) is 64.1 Å². The number of aromatic nitrogens is 2. The van der Waals surface area contributed by atoms with Gasteiger partial charge in [-0.1, -0.05) is 0 Å². The number of rotatable bonds is 3. The standard InChI is InChI=1S/C19H30N4O2/c1-5-19(14-22(8-1)13-17-3-10-24-11-4-17)15-23(9-12-25-16-19)18-20-6-2-7-21-18/h2,6-7,17H,1,3-5,8-16H2/t19-/m1/s1. The average Bonchev–Trinajstić information content (AvgIpc) is 2.86. The van der Waals surface area contributed by atoms with Gasteiger partial charge in [0.2, 0.25) is 5.95 Å². The second-order valence-electron chi connectivity index (χ2n) is 7.92. The third kappa shape index (κ3) is 4.30. The third-order valence-corrected chi connectivity index (χ3v) is 5.87. The molecule has 0 bridgehead atoms. The molecule has 1 spiro atoms. The van der Waals surface area contributed by atoms with E-state index in [1.54, 1.807) is 0 Å². The molecule has 4 heterocycles. The normalized spacial score (nSPS) is 29.7. The number of piperidine rings is 1. The van der Waals surface area contributed by atoms with Crippen LogP contribution in [-0.4, -0.2) is 74.0 Å². The van der Waals surface area contributed by atoms with Gasteiger partial charge >= 0.3 is 0 Å². The predicted octanol–water partition coefficient (Wildman–Crippen LogP) is 1.82. The number of hydrogen-bond donors (Lipinski definition) is 0. The highest BCUT2D eigenvalue weighted by molar-refractivity contribution is 5.29. The molecule has 1 aromatic rings. The minimum Gasteiger partial charge on any atom is -0.381 e. The summed E-state index contributed by atoms with van der Waals surface area (Å²) in [5, 5.41) is 0. The molecule has 4 rings (SSSR count). The molecule has 0 N–H and O–H groups in total. The lowest BCUT2D eigenvalue weighted by molar-refractivity contribution is -0.00281. The molecule has 6 nitrogen and oxygen atoms in total. The smallest absolute Gasteiger partial charge is 0.225 e. The van der Waals surface area contributed by atoms with Gasteiger partial charge < -0.3 is 19.3 Å². The van der Waals surface area contributed by atoms with E-state index < -0.39 is 0 Å². The molecule has 0 saturated carbocycles. The number of nitrogens with zero attached hydrogens (tertiary/aromatic N) is 4. The maximum absolute atomic E-state index is 6.03. The second kappa shape index (κ2) is 7.98. The SMILES string of the molecule is c1cnc(N2CCOC[C@@]3(CCCN(CC4CCOCC4)C3)C2)nc1.